The molecule has 1 rings (SSSR count). The highest BCUT2D eigenvalue weighted by Crippen LogP contribution is 2.09. The van der Waals surface area contributed by atoms with Gasteiger partial charge in [0, 0.05) is 18.2 Å². The Bertz CT molecular complexity index is 501. The van der Waals surface area contributed by atoms with Crippen molar-refractivity contribution in [3.63, 3.8) is 0 Å². The summed E-state index contributed by atoms with van der Waals surface area (Å²) in [6, 6.07) is 7.91. The van der Waals surface area contributed by atoms with Gasteiger partial charge in [0.15, 0.2) is 0 Å². The molecule has 4 nitrogen and oxygen atoms in total. The van der Waals surface area contributed by atoms with Gasteiger partial charge in [-0.25, -0.2) is 0 Å². The van der Waals surface area contributed by atoms with Crippen LogP contribution in [0.4, 0.5) is 0 Å². The highest BCUT2D eigenvalue weighted by Gasteiger charge is 2.09. The Labute approximate surface area is 120 Å². The molecule has 0 atom stereocenters. The number of aliphatic hydroxyl groups excluding tert-OH is 1. The van der Waals surface area contributed by atoms with Crippen LogP contribution >= 0.6 is 0 Å². The summed E-state index contributed by atoms with van der Waals surface area (Å²) in [6.45, 7) is 4.72. The molecular formula is C16H22N2O2. The molecule has 0 aliphatic rings. The van der Waals surface area contributed by atoms with Gasteiger partial charge in [0.25, 0.3) is 0 Å². The van der Waals surface area contributed by atoms with E-state index in [0.29, 0.717) is 13.1 Å². The van der Waals surface area contributed by atoms with Gasteiger partial charge < -0.3 is 10.4 Å². The van der Waals surface area contributed by atoms with Crippen molar-refractivity contribution in [2.24, 2.45) is 0 Å². The molecule has 108 valence electrons. The number of carbonyl (C=O) groups excluding carboxylic acids is 1. The average Bonchev–Trinajstić information content (AvgIpc) is 2.36. The van der Waals surface area contributed by atoms with Gasteiger partial charge in [-0.15, -0.1) is 0 Å². The minimum absolute atomic E-state index is 0.0152. The van der Waals surface area contributed by atoms with E-state index in [9.17, 15) is 4.79 Å². The normalized spacial score (nSPS) is 10.3. The van der Waals surface area contributed by atoms with E-state index in [4.69, 9.17) is 5.11 Å². The van der Waals surface area contributed by atoms with E-state index >= 15 is 0 Å². The summed E-state index contributed by atoms with van der Waals surface area (Å²) in [5.41, 5.74) is 1.94. The highest BCUT2D eigenvalue weighted by molar-refractivity contribution is 5.78. The van der Waals surface area contributed by atoms with Crippen molar-refractivity contribution in [2.45, 2.75) is 26.4 Å². The van der Waals surface area contributed by atoms with Crippen LogP contribution in [0, 0.1) is 11.8 Å². The molecule has 1 aromatic carbocycles. The van der Waals surface area contributed by atoms with Crippen LogP contribution in [0.15, 0.2) is 24.3 Å². The van der Waals surface area contributed by atoms with Gasteiger partial charge in [0.05, 0.1) is 6.54 Å². The number of hydrogen-bond donors (Lipinski definition) is 2. The molecule has 0 fully saturated rings. The van der Waals surface area contributed by atoms with E-state index in [0.717, 1.165) is 11.1 Å². The summed E-state index contributed by atoms with van der Waals surface area (Å²) in [7, 11) is 1.90. The van der Waals surface area contributed by atoms with Crippen LogP contribution < -0.4 is 5.32 Å². The lowest BCUT2D eigenvalue weighted by Crippen LogP contribution is -2.38. The van der Waals surface area contributed by atoms with E-state index in [2.05, 4.69) is 17.2 Å². The Hall–Kier alpha value is -1.83. The van der Waals surface area contributed by atoms with Crippen LogP contribution in [0.1, 0.15) is 25.0 Å². The van der Waals surface area contributed by atoms with Crippen molar-refractivity contribution in [1.82, 2.24) is 10.2 Å². The van der Waals surface area contributed by atoms with Gasteiger partial charge in [0.1, 0.15) is 6.61 Å². The number of benzene rings is 1. The number of hydrogen-bond acceptors (Lipinski definition) is 3. The van der Waals surface area contributed by atoms with E-state index in [-0.39, 0.29) is 18.6 Å². The highest BCUT2D eigenvalue weighted by atomic mass is 16.2. The standard InChI is InChI=1S/C16H22N2O2/c1-13(2)17-16(20)12-18(3)11-15-8-5-4-7-14(15)9-6-10-19/h4-5,7-8,13,19H,10-12H2,1-3H3,(H,17,20). The average molecular weight is 274 g/mol. The van der Waals surface area contributed by atoms with Crippen LogP contribution in [0.5, 0.6) is 0 Å². The number of amides is 1. The van der Waals surface area contributed by atoms with E-state index in [1.165, 1.54) is 0 Å². The van der Waals surface area contributed by atoms with Crippen molar-refractivity contribution in [2.75, 3.05) is 20.2 Å². The fraction of sp³-hybridized carbons (Fsp3) is 0.438. The third-order valence-electron chi connectivity index (χ3n) is 2.62. The summed E-state index contributed by atoms with van der Waals surface area (Å²) in [4.78, 5) is 13.6. The Kier molecular flexibility index (Phi) is 6.78. The molecule has 0 bridgehead atoms. The van der Waals surface area contributed by atoms with Crippen molar-refractivity contribution >= 4 is 5.91 Å². The molecule has 2 N–H and O–H groups in total. The molecule has 0 heterocycles. The SMILES string of the molecule is CC(C)NC(=O)CN(C)Cc1ccccc1C#CCO. The lowest BCUT2D eigenvalue weighted by atomic mass is 10.1. The molecule has 0 aliphatic carbocycles. The smallest absolute Gasteiger partial charge is 0.234 e. The van der Waals surface area contributed by atoms with Gasteiger partial charge in [-0.2, -0.15) is 0 Å². The van der Waals surface area contributed by atoms with Crippen molar-refractivity contribution < 1.29 is 9.90 Å². The quantitative estimate of drug-likeness (QED) is 0.787. The molecule has 0 saturated heterocycles. The van der Waals surface area contributed by atoms with Crippen LogP contribution in [-0.2, 0) is 11.3 Å². The first-order valence-electron chi connectivity index (χ1n) is 6.68. The second kappa shape index (κ2) is 8.36. The molecular weight excluding hydrogens is 252 g/mol. The first-order chi connectivity index (χ1) is 9.52. The Balaban J connectivity index is 2.66. The summed E-state index contributed by atoms with van der Waals surface area (Å²) in [6.07, 6.45) is 0. The zero-order valence-electron chi connectivity index (χ0n) is 12.3. The number of nitrogens with one attached hydrogen (secondary N) is 1. The number of carbonyl (C=O) groups is 1. The van der Waals surface area contributed by atoms with Crippen LogP contribution in [0.3, 0.4) is 0 Å². The summed E-state index contributed by atoms with van der Waals surface area (Å²) >= 11 is 0. The molecule has 1 aromatic rings. The summed E-state index contributed by atoms with van der Waals surface area (Å²) in [5.74, 6) is 5.59. The predicted molar refractivity (Wildman–Crippen MR) is 80.0 cm³/mol. The zero-order valence-corrected chi connectivity index (χ0v) is 12.3. The van der Waals surface area contributed by atoms with Crippen LogP contribution in [-0.4, -0.2) is 42.2 Å². The molecule has 0 aliphatic heterocycles. The lowest BCUT2D eigenvalue weighted by Gasteiger charge is -2.18. The van der Waals surface area contributed by atoms with Crippen LogP contribution in [0.25, 0.3) is 0 Å². The van der Waals surface area contributed by atoms with Crippen LogP contribution in [0.2, 0.25) is 0 Å². The molecule has 1 amide bonds. The van der Waals surface area contributed by atoms with Gasteiger partial charge in [0.2, 0.25) is 5.91 Å². The maximum Gasteiger partial charge on any atom is 0.234 e. The molecule has 0 saturated carbocycles. The molecule has 0 aromatic heterocycles. The number of rotatable bonds is 5. The first kappa shape index (κ1) is 16.2. The Morgan fingerprint density at radius 1 is 1.40 bits per heavy atom. The summed E-state index contributed by atoms with van der Waals surface area (Å²) in [5, 5.41) is 11.6. The fourth-order valence-corrected chi connectivity index (χ4v) is 1.87. The second-order valence-electron chi connectivity index (χ2n) is 5.01. The Morgan fingerprint density at radius 3 is 2.75 bits per heavy atom. The van der Waals surface area contributed by atoms with Gasteiger partial charge in [-0.05, 0) is 32.5 Å². The Morgan fingerprint density at radius 2 is 2.10 bits per heavy atom. The van der Waals surface area contributed by atoms with E-state index in [1.54, 1.807) is 0 Å². The number of nitrogens with zero attached hydrogens (tertiary/aromatic N) is 1. The molecule has 0 radical (unpaired) electrons. The predicted octanol–water partition coefficient (Wildman–Crippen LogP) is 0.987. The summed E-state index contributed by atoms with van der Waals surface area (Å²) < 4.78 is 0. The maximum absolute atomic E-state index is 11.7. The van der Waals surface area contributed by atoms with Gasteiger partial charge in [-0.3, -0.25) is 9.69 Å². The third-order valence-corrected chi connectivity index (χ3v) is 2.62. The first-order valence-corrected chi connectivity index (χ1v) is 6.68. The third kappa shape index (κ3) is 5.87. The zero-order chi connectivity index (χ0) is 15.0. The van der Waals surface area contributed by atoms with E-state index in [1.807, 2.05) is 50.1 Å². The lowest BCUT2D eigenvalue weighted by molar-refractivity contribution is -0.122. The fourth-order valence-electron chi connectivity index (χ4n) is 1.87. The molecule has 0 unspecified atom stereocenters. The topological polar surface area (TPSA) is 52.6 Å². The van der Waals surface area contributed by atoms with Crippen molar-refractivity contribution in [3.8, 4) is 11.8 Å². The number of aliphatic hydroxyl groups is 1. The van der Waals surface area contributed by atoms with Gasteiger partial charge in [-0.1, -0.05) is 30.0 Å². The monoisotopic (exact) mass is 274 g/mol. The van der Waals surface area contributed by atoms with Crippen molar-refractivity contribution in [3.05, 3.63) is 35.4 Å². The van der Waals surface area contributed by atoms with E-state index < -0.39 is 0 Å². The van der Waals surface area contributed by atoms with Crippen molar-refractivity contribution in [1.29, 1.82) is 0 Å². The molecule has 0 spiro atoms. The van der Waals surface area contributed by atoms with Gasteiger partial charge >= 0.3 is 0 Å². The number of likely N-dealkylation sites (N-methyl/N-ethyl adjacent to an activating group) is 1. The largest absolute Gasteiger partial charge is 0.384 e. The maximum atomic E-state index is 11.7. The molecule has 20 heavy (non-hydrogen) atoms. The minimum Gasteiger partial charge on any atom is -0.384 e. The second-order valence-corrected chi connectivity index (χ2v) is 5.01. The molecule has 4 heteroatoms. The minimum atomic E-state index is -0.152.